The van der Waals surface area contributed by atoms with E-state index in [0.717, 1.165) is 31.8 Å². The highest BCUT2D eigenvalue weighted by Crippen LogP contribution is 2.05. The van der Waals surface area contributed by atoms with E-state index < -0.39 is 0 Å². The van der Waals surface area contributed by atoms with Crippen LogP contribution in [0.25, 0.3) is 0 Å². The van der Waals surface area contributed by atoms with Crippen LogP contribution in [0.3, 0.4) is 0 Å². The Morgan fingerprint density at radius 1 is 1.47 bits per heavy atom. The second kappa shape index (κ2) is 5.63. The number of nitrogens with zero attached hydrogens (tertiary/aromatic N) is 3. The number of hydrogen-bond acceptors (Lipinski definition) is 3. The van der Waals surface area contributed by atoms with Crippen molar-refractivity contribution in [2.24, 2.45) is 7.05 Å². The third-order valence-electron chi connectivity index (χ3n) is 2.94. The standard InChI is InChI=1S/C12H19N5/c1-10-11(8-15-16-10)4-3-5-13-9-12-14-6-7-17(12)2/h6-8,13H,3-5,9H2,1-2H3,(H,15,16). The van der Waals surface area contributed by atoms with E-state index in [9.17, 15) is 0 Å². The highest BCUT2D eigenvalue weighted by molar-refractivity contribution is 5.14. The number of hydrogen-bond donors (Lipinski definition) is 2. The predicted octanol–water partition coefficient (Wildman–Crippen LogP) is 1.17. The molecular weight excluding hydrogens is 214 g/mol. The van der Waals surface area contributed by atoms with Gasteiger partial charge in [-0.15, -0.1) is 0 Å². The van der Waals surface area contributed by atoms with Crippen molar-refractivity contribution in [2.45, 2.75) is 26.3 Å². The van der Waals surface area contributed by atoms with Gasteiger partial charge in [-0.05, 0) is 31.9 Å². The second-order valence-electron chi connectivity index (χ2n) is 4.25. The highest BCUT2D eigenvalue weighted by atomic mass is 15.1. The lowest BCUT2D eigenvalue weighted by atomic mass is 10.1. The molecule has 2 heterocycles. The largest absolute Gasteiger partial charge is 0.337 e. The van der Waals surface area contributed by atoms with Gasteiger partial charge in [-0.1, -0.05) is 0 Å². The van der Waals surface area contributed by atoms with Gasteiger partial charge in [-0.2, -0.15) is 5.10 Å². The summed E-state index contributed by atoms with van der Waals surface area (Å²) in [6.07, 6.45) is 7.88. The summed E-state index contributed by atoms with van der Waals surface area (Å²) in [5, 5.41) is 10.4. The van der Waals surface area contributed by atoms with Crippen LogP contribution < -0.4 is 5.32 Å². The summed E-state index contributed by atoms with van der Waals surface area (Å²) in [5.74, 6) is 1.07. The lowest BCUT2D eigenvalue weighted by Gasteiger charge is -2.04. The Hall–Kier alpha value is -1.62. The van der Waals surface area contributed by atoms with Gasteiger partial charge in [0.25, 0.3) is 0 Å². The molecule has 0 fully saturated rings. The van der Waals surface area contributed by atoms with Gasteiger partial charge >= 0.3 is 0 Å². The van der Waals surface area contributed by atoms with Crippen LogP contribution in [0.1, 0.15) is 23.5 Å². The molecule has 0 aliphatic carbocycles. The van der Waals surface area contributed by atoms with E-state index in [1.807, 2.05) is 30.2 Å². The summed E-state index contributed by atoms with van der Waals surface area (Å²) in [6.45, 7) is 3.88. The number of aromatic amines is 1. The second-order valence-corrected chi connectivity index (χ2v) is 4.25. The molecule has 0 saturated carbocycles. The molecule has 2 rings (SSSR count). The van der Waals surface area contributed by atoms with Crippen LogP contribution in [0.4, 0.5) is 0 Å². The van der Waals surface area contributed by atoms with E-state index in [1.54, 1.807) is 0 Å². The average Bonchev–Trinajstić information content (AvgIpc) is 2.89. The molecule has 0 atom stereocenters. The fourth-order valence-corrected chi connectivity index (χ4v) is 1.80. The van der Waals surface area contributed by atoms with Crippen molar-refractivity contribution in [3.05, 3.63) is 35.7 Å². The number of H-pyrrole nitrogens is 1. The van der Waals surface area contributed by atoms with Crippen LogP contribution in [0.2, 0.25) is 0 Å². The lowest BCUT2D eigenvalue weighted by molar-refractivity contribution is 0.613. The van der Waals surface area contributed by atoms with Crippen LogP contribution in [0, 0.1) is 6.92 Å². The molecule has 0 aliphatic heterocycles. The summed E-state index contributed by atoms with van der Waals surface area (Å²) in [7, 11) is 2.01. The molecule has 2 aromatic rings. The van der Waals surface area contributed by atoms with Crippen LogP contribution in [-0.4, -0.2) is 26.3 Å². The molecule has 0 amide bonds. The normalized spacial score (nSPS) is 10.9. The summed E-state index contributed by atoms with van der Waals surface area (Å²) in [6, 6.07) is 0. The summed E-state index contributed by atoms with van der Waals surface area (Å²) >= 11 is 0. The van der Waals surface area contributed by atoms with Gasteiger partial charge in [0.15, 0.2) is 0 Å². The maximum atomic E-state index is 4.26. The smallest absolute Gasteiger partial charge is 0.122 e. The van der Waals surface area contributed by atoms with E-state index in [4.69, 9.17) is 0 Å². The van der Waals surface area contributed by atoms with Crippen molar-refractivity contribution >= 4 is 0 Å². The zero-order valence-electron chi connectivity index (χ0n) is 10.4. The predicted molar refractivity (Wildman–Crippen MR) is 66.6 cm³/mol. The van der Waals surface area contributed by atoms with Gasteiger partial charge < -0.3 is 9.88 Å². The SMILES string of the molecule is Cc1[nH]ncc1CCCNCc1nccn1C. The molecule has 0 spiro atoms. The van der Waals surface area contributed by atoms with E-state index in [2.05, 4.69) is 27.4 Å². The fourth-order valence-electron chi connectivity index (χ4n) is 1.80. The van der Waals surface area contributed by atoms with Crippen molar-refractivity contribution < 1.29 is 0 Å². The molecule has 0 aromatic carbocycles. The first-order valence-corrected chi connectivity index (χ1v) is 5.93. The third-order valence-corrected chi connectivity index (χ3v) is 2.94. The Balaban J connectivity index is 1.64. The maximum absolute atomic E-state index is 4.26. The molecule has 17 heavy (non-hydrogen) atoms. The van der Waals surface area contributed by atoms with E-state index in [-0.39, 0.29) is 0 Å². The zero-order valence-corrected chi connectivity index (χ0v) is 10.4. The molecule has 5 heteroatoms. The van der Waals surface area contributed by atoms with Gasteiger partial charge in [0, 0.05) is 25.1 Å². The van der Waals surface area contributed by atoms with Gasteiger partial charge in [0.1, 0.15) is 5.82 Å². The Labute approximate surface area is 101 Å². The highest BCUT2D eigenvalue weighted by Gasteiger charge is 2.00. The molecular formula is C12H19N5. The van der Waals surface area contributed by atoms with Crippen molar-refractivity contribution in [3.8, 4) is 0 Å². The van der Waals surface area contributed by atoms with Gasteiger partial charge in [-0.3, -0.25) is 5.10 Å². The van der Waals surface area contributed by atoms with Gasteiger partial charge in [0.2, 0.25) is 0 Å². The lowest BCUT2D eigenvalue weighted by Crippen LogP contribution is -2.17. The van der Waals surface area contributed by atoms with E-state index in [1.165, 1.54) is 11.3 Å². The minimum absolute atomic E-state index is 0.827. The van der Waals surface area contributed by atoms with Crippen LogP contribution >= 0.6 is 0 Å². The first-order valence-electron chi connectivity index (χ1n) is 5.93. The van der Waals surface area contributed by atoms with E-state index in [0.29, 0.717) is 0 Å². The average molecular weight is 233 g/mol. The molecule has 0 aliphatic rings. The first-order chi connectivity index (χ1) is 8.27. The number of rotatable bonds is 6. The van der Waals surface area contributed by atoms with Crippen LogP contribution in [0.5, 0.6) is 0 Å². The summed E-state index contributed by atoms with van der Waals surface area (Å²) in [5.41, 5.74) is 2.48. The molecule has 0 unspecified atom stereocenters. The van der Waals surface area contributed by atoms with Crippen molar-refractivity contribution in [1.82, 2.24) is 25.1 Å². The number of nitrogens with one attached hydrogen (secondary N) is 2. The van der Waals surface area contributed by atoms with Crippen molar-refractivity contribution in [3.63, 3.8) is 0 Å². The zero-order chi connectivity index (χ0) is 12.1. The Kier molecular flexibility index (Phi) is 3.93. The molecule has 2 N–H and O–H groups in total. The van der Waals surface area contributed by atoms with Crippen LogP contribution in [0.15, 0.2) is 18.6 Å². The Bertz CT molecular complexity index is 415. The maximum Gasteiger partial charge on any atom is 0.122 e. The Morgan fingerprint density at radius 3 is 3.00 bits per heavy atom. The number of aromatic nitrogens is 4. The van der Waals surface area contributed by atoms with Crippen molar-refractivity contribution in [2.75, 3.05) is 6.54 Å². The summed E-state index contributed by atoms with van der Waals surface area (Å²) < 4.78 is 2.03. The van der Waals surface area contributed by atoms with Gasteiger partial charge in [0.05, 0.1) is 12.7 Å². The quantitative estimate of drug-likeness (QED) is 0.736. The van der Waals surface area contributed by atoms with Gasteiger partial charge in [-0.25, -0.2) is 4.98 Å². The molecule has 0 bridgehead atoms. The fraction of sp³-hybridized carbons (Fsp3) is 0.500. The molecule has 5 nitrogen and oxygen atoms in total. The summed E-state index contributed by atoms with van der Waals surface area (Å²) in [4.78, 5) is 4.26. The minimum atomic E-state index is 0.827. The topological polar surface area (TPSA) is 58.5 Å². The van der Waals surface area contributed by atoms with E-state index >= 15 is 0 Å². The minimum Gasteiger partial charge on any atom is -0.337 e. The molecule has 2 aromatic heterocycles. The Morgan fingerprint density at radius 2 is 2.35 bits per heavy atom. The monoisotopic (exact) mass is 233 g/mol. The van der Waals surface area contributed by atoms with Crippen LogP contribution in [-0.2, 0) is 20.0 Å². The molecule has 0 radical (unpaired) electrons. The third kappa shape index (κ3) is 3.17. The van der Waals surface area contributed by atoms with Crippen molar-refractivity contribution in [1.29, 1.82) is 0 Å². The number of aryl methyl sites for hydroxylation is 3. The molecule has 92 valence electrons. The molecule has 0 saturated heterocycles. The first kappa shape index (κ1) is 11.9. The number of imidazole rings is 1.